The molecule has 0 spiro atoms. The number of fused-ring (bicyclic) bond motifs is 3. The van der Waals surface area contributed by atoms with E-state index in [9.17, 15) is 10.2 Å². The summed E-state index contributed by atoms with van der Waals surface area (Å²) in [5.41, 5.74) is 6.89. The summed E-state index contributed by atoms with van der Waals surface area (Å²) in [6, 6.07) is 35.5. The van der Waals surface area contributed by atoms with Gasteiger partial charge in [0.15, 0.2) is 0 Å². The second kappa shape index (κ2) is 22.9. The number of carbonyl (C=O) groups excluding carboxylic acids is 1. The number of ether oxygens (including phenoxy) is 5. The highest BCUT2D eigenvalue weighted by Gasteiger charge is 2.65. The molecule has 5 aromatic carbocycles. The van der Waals surface area contributed by atoms with Gasteiger partial charge in [-0.05, 0) is 120 Å². The smallest absolute Gasteiger partial charge is 0.410 e. The van der Waals surface area contributed by atoms with Crippen LogP contribution in [0, 0.1) is 31.6 Å². The molecule has 11 nitrogen and oxygen atoms in total. The first-order valence-electron chi connectivity index (χ1n) is 24.2. The normalized spacial score (nSPS) is 22.1. The molecule has 8 rings (SSSR count). The van der Waals surface area contributed by atoms with Gasteiger partial charge in [-0.2, -0.15) is 0 Å². The fourth-order valence-corrected chi connectivity index (χ4v) is 10.7. The molecule has 68 heavy (non-hydrogen) atoms. The Morgan fingerprint density at radius 1 is 0.868 bits per heavy atom. The molecule has 3 aliphatic rings. The summed E-state index contributed by atoms with van der Waals surface area (Å²) in [7, 11) is 1.55. The van der Waals surface area contributed by atoms with E-state index in [1.54, 1.807) is 18.1 Å². The van der Waals surface area contributed by atoms with Crippen molar-refractivity contribution in [3.05, 3.63) is 161 Å². The van der Waals surface area contributed by atoms with Gasteiger partial charge in [0.2, 0.25) is 5.79 Å². The van der Waals surface area contributed by atoms with Crippen molar-refractivity contribution in [1.29, 1.82) is 0 Å². The predicted octanol–water partition coefficient (Wildman–Crippen LogP) is 11.4. The van der Waals surface area contributed by atoms with Gasteiger partial charge >= 0.3 is 6.09 Å². The Morgan fingerprint density at radius 3 is 2.40 bits per heavy atom. The summed E-state index contributed by atoms with van der Waals surface area (Å²) in [5.74, 6) is -0.0285. The van der Waals surface area contributed by atoms with Crippen molar-refractivity contribution in [2.24, 2.45) is 22.9 Å². The second-order valence-electron chi connectivity index (χ2n) is 18.2. The van der Waals surface area contributed by atoms with E-state index in [1.807, 2.05) is 78.9 Å². The van der Waals surface area contributed by atoms with E-state index in [4.69, 9.17) is 33.7 Å². The largest absolute Gasteiger partial charge is 0.459 e. The molecular formula is C57H66N2O9. The van der Waals surface area contributed by atoms with Crippen LogP contribution in [0.2, 0.25) is 0 Å². The molecule has 5 aromatic rings. The maximum absolute atomic E-state index is 15.1. The molecule has 0 saturated heterocycles. The number of carbonyl (C=O) groups is 1. The number of amides is 1. The lowest BCUT2D eigenvalue weighted by molar-refractivity contribution is -0.256. The lowest BCUT2D eigenvalue weighted by atomic mass is 9.55. The van der Waals surface area contributed by atoms with Gasteiger partial charge in [0, 0.05) is 31.1 Å². The summed E-state index contributed by atoms with van der Waals surface area (Å²) < 4.78 is 33.5. The van der Waals surface area contributed by atoms with Gasteiger partial charge in [-0.25, -0.2) is 4.79 Å². The molecule has 6 unspecified atom stereocenters. The van der Waals surface area contributed by atoms with E-state index >= 15 is 4.79 Å². The SMILES string of the molecule is C=CCOC12Oc3ccc(Oc4ccc(C)c(C)c4)cc3C3C(CCCCO)C(CCCCO)C=C(C(=NOC)CC1N(Cc1cccc4ccccc14)C(=O)OCCOCc1ccccc1)C32. The van der Waals surface area contributed by atoms with Gasteiger partial charge in [0.1, 0.15) is 37.0 Å². The molecule has 1 fully saturated rings. The lowest BCUT2D eigenvalue weighted by Crippen LogP contribution is -2.70. The number of rotatable bonds is 22. The van der Waals surface area contributed by atoms with Crippen molar-refractivity contribution in [2.45, 2.75) is 89.7 Å². The minimum absolute atomic E-state index is 0.0244. The van der Waals surface area contributed by atoms with Gasteiger partial charge in [0.25, 0.3) is 0 Å². The number of aliphatic hydroxyl groups is 2. The summed E-state index contributed by atoms with van der Waals surface area (Å²) in [4.78, 5) is 22.6. The van der Waals surface area contributed by atoms with E-state index in [0.717, 1.165) is 70.0 Å². The Bertz CT molecular complexity index is 2550. The van der Waals surface area contributed by atoms with Crippen molar-refractivity contribution in [1.82, 2.24) is 4.90 Å². The van der Waals surface area contributed by atoms with Crippen molar-refractivity contribution < 1.29 is 43.5 Å². The number of hydrogen-bond acceptors (Lipinski definition) is 10. The fraction of sp³-hybridized carbons (Fsp3) is 0.404. The quantitative estimate of drug-likeness (QED) is 0.0396. The van der Waals surface area contributed by atoms with Gasteiger partial charge in [-0.1, -0.05) is 109 Å². The number of aliphatic hydroxyl groups excluding tert-OH is 2. The van der Waals surface area contributed by atoms with Crippen LogP contribution in [-0.4, -0.2) is 78.9 Å². The molecule has 1 heterocycles. The first-order valence-corrected chi connectivity index (χ1v) is 24.2. The van der Waals surface area contributed by atoms with Crippen LogP contribution < -0.4 is 9.47 Å². The number of aryl methyl sites for hydroxylation is 2. The highest BCUT2D eigenvalue weighted by molar-refractivity contribution is 6.03. The molecule has 1 saturated carbocycles. The van der Waals surface area contributed by atoms with Crippen LogP contribution >= 0.6 is 0 Å². The fourth-order valence-electron chi connectivity index (χ4n) is 10.7. The Kier molecular flexibility index (Phi) is 16.3. The third-order valence-corrected chi connectivity index (χ3v) is 14.0. The van der Waals surface area contributed by atoms with Crippen LogP contribution in [-0.2, 0) is 32.2 Å². The van der Waals surface area contributed by atoms with Gasteiger partial charge in [-0.15, -0.1) is 6.58 Å². The third-order valence-electron chi connectivity index (χ3n) is 14.0. The van der Waals surface area contributed by atoms with Crippen LogP contribution in [0.15, 0.2) is 139 Å². The van der Waals surface area contributed by atoms with Crippen LogP contribution in [0.4, 0.5) is 4.79 Å². The summed E-state index contributed by atoms with van der Waals surface area (Å²) in [5, 5.41) is 26.9. The Hall–Kier alpha value is -5.98. The monoisotopic (exact) mass is 922 g/mol. The molecule has 0 radical (unpaired) electrons. The van der Waals surface area contributed by atoms with Crippen LogP contribution in [0.5, 0.6) is 17.2 Å². The average molecular weight is 923 g/mol. The van der Waals surface area contributed by atoms with Crippen LogP contribution in [0.1, 0.15) is 78.7 Å². The van der Waals surface area contributed by atoms with Crippen LogP contribution in [0.3, 0.4) is 0 Å². The van der Waals surface area contributed by atoms with Gasteiger partial charge in [0.05, 0.1) is 38.0 Å². The van der Waals surface area contributed by atoms with Gasteiger partial charge in [-0.3, -0.25) is 4.90 Å². The number of unbranched alkanes of at least 4 members (excludes halogenated alkanes) is 2. The first kappa shape index (κ1) is 48.5. The van der Waals surface area contributed by atoms with Crippen LogP contribution in [0.25, 0.3) is 10.8 Å². The van der Waals surface area contributed by atoms with E-state index in [1.165, 1.54) is 5.56 Å². The van der Waals surface area contributed by atoms with Crippen molar-refractivity contribution >= 4 is 22.6 Å². The summed E-state index contributed by atoms with van der Waals surface area (Å²) >= 11 is 0. The molecule has 1 amide bonds. The number of nitrogens with zero attached hydrogens (tertiary/aromatic N) is 2. The molecular weight excluding hydrogens is 857 g/mol. The van der Waals surface area contributed by atoms with Crippen molar-refractivity contribution in [3.63, 3.8) is 0 Å². The highest BCUT2D eigenvalue weighted by atomic mass is 16.7. The zero-order chi connectivity index (χ0) is 47.5. The van der Waals surface area contributed by atoms with E-state index in [2.05, 4.69) is 56.8 Å². The molecule has 0 bridgehead atoms. The molecule has 0 aromatic heterocycles. The average Bonchev–Trinajstić information content (AvgIpc) is 3.35. The Balaban J connectivity index is 1.28. The lowest BCUT2D eigenvalue weighted by Gasteiger charge is -2.59. The minimum Gasteiger partial charge on any atom is -0.459 e. The number of hydrogen-bond donors (Lipinski definition) is 2. The number of allylic oxidation sites excluding steroid dienone is 1. The number of benzene rings is 5. The zero-order valence-electron chi connectivity index (χ0n) is 39.7. The zero-order valence-corrected chi connectivity index (χ0v) is 39.7. The number of oxime groups is 1. The van der Waals surface area contributed by atoms with Gasteiger partial charge < -0.3 is 38.7 Å². The second-order valence-corrected chi connectivity index (χ2v) is 18.2. The topological polar surface area (TPSA) is 129 Å². The highest BCUT2D eigenvalue weighted by Crippen LogP contribution is 2.62. The molecule has 2 N–H and O–H groups in total. The first-order chi connectivity index (χ1) is 33.3. The third kappa shape index (κ3) is 10.7. The standard InChI is InChI=1S/C57H66N2O9/c1-5-30-66-57-53(59(37-44-21-15-20-42-18-9-10-22-47(42)44)56(62)65-32-31-64-38-41-16-7-6-8-17-41)36-51(58-63-4)49-34-43(19-11-13-28-60)48(23-12-14-29-61)54(55(49)57)50-35-46(26-27-52(50)68-57)67-45-25-24-39(2)40(3)33-45/h5-10,15-18,20-22,24-27,33-35,43,48,53-55,60-61H,1,11-14,19,23,28-32,36-38H2,2-4H3. The molecule has 6 atom stereocenters. The van der Waals surface area contributed by atoms with E-state index in [-0.39, 0.29) is 63.8 Å². The Morgan fingerprint density at radius 2 is 1.62 bits per heavy atom. The molecule has 358 valence electrons. The maximum atomic E-state index is 15.1. The minimum atomic E-state index is -1.47. The van der Waals surface area contributed by atoms with E-state index < -0.39 is 23.8 Å². The predicted molar refractivity (Wildman–Crippen MR) is 265 cm³/mol. The molecule has 2 aliphatic carbocycles. The maximum Gasteiger partial charge on any atom is 0.410 e. The molecule has 11 heteroatoms. The summed E-state index contributed by atoms with van der Waals surface area (Å²) in [6.07, 6.45) is 8.35. The van der Waals surface area contributed by atoms with Crippen molar-refractivity contribution in [3.8, 4) is 17.2 Å². The summed E-state index contributed by atoms with van der Waals surface area (Å²) in [6.45, 7) is 9.37. The van der Waals surface area contributed by atoms with Crippen molar-refractivity contribution in [2.75, 3.05) is 40.1 Å². The van der Waals surface area contributed by atoms with E-state index in [0.29, 0.717) is 36.7 Å². The Labute approximate surface area is 401 Å². The molecule has 1 aliphatic heterocycles.